The number of fused-ring (bicyclic) bond motifs is 2. The van der Waals surface area contributed by atoms with Crippen molar-refractivity contribution in [3.05, 3.63) is 0 Å². The highest BCUT2D eigenvalue weighted by molar-refractivity contribution is 5.86. The van der Waals surface area contributed by atoms with Crippen LogP contribution in [0.25, 0.3) is 0 Å². The number of esters is 1. The van der Waals surface area contributed by atoms with E-state index in [0.717, 1.165) is 12.3 Å². The summed E-state index contributed by atoms with van der Waals surface area (Å²) in [5.41, 5.74) is -0.526. The molecule has 0 heterocycles. The van der Waals surface area contributed by atoms with Gasteiger partial charge in [0.1, 0.15) is 11.6 Å². The van der Waals surface area contributed by atoms with Gasteiger partial charge in [0.15, 0.2) is 0 Å². The van der Waals surface area contributed by atoms with Gasteiger partial charge in [-0.1, -0.05) is 20.3 Å². The number of nitrogens with one attached hydrogen (secondary N) is 1. The second-order valence-electron chi connectivity index (χ2n) is 8.05. The Balaban J connectivity index is 1.96. The molecular formula is C17H29NO3. The smallest absolute Gasteiger partial charge is 0.329 e. The predicted molar refractivity (Wildman–Crippen MR) is 81.6 cm³/mol. The van der Waals surface area contributed by atoms with Crippen molar-refractivity contribution < 1.29 is 14.3 Å². The molecule has 4 atom stereocenters. The largest absolute Gasteiger partial charge is 0.458 e. The molecule has 0 aliphatic heterocycles. The highest BCUT2D eigenvalue weighted by atomic mass is 16.6. The van der Waals surface area contributed by atoms with Crippen molar-refractivity contribution in [2.75, 3.05) is 0 Å². The van der Waals surface area contributed by atoms with Crippen molar-refractivity contribution in [2.45, 2.75) is 71.9 Å². The number of carbonyl (C=O) groups excluding carboxylic acids is 2. The lowest BCUT2D eigenvalue weighted by atomic mass is 9.87. The first-order valence-corrected chi connectivity index (χ1v) is 8.20. The fourth-order valence-corrected chi connectivity index (χ4v) is 3.69. The van der Waals surface area contributed by atoms with E-state index < -0.39 is 11.6 Å². The molecule has 2 fully saturated rings. The van der Waals surface area contributed by atoms with Gasteiger partial charge in [0.25, 0.3) is 0 Å². The van der Waals surface area contributed by atoms with Gasteiger partial charge in [-0.15, -0.1) is 0 Å². The van der Waals surface area contributed by atoms with Crippen LogP contribution in [0.3, 0.4) is 0 Å². The quantitative estimate of drug-likeness (QED) is 0.811. The molecular weight excluding hydrogens is 266 g/mol. The molecule has 2 aliphatic carbocycles. The second-order valence-corrected chi connectivity index (χ2v) is 8.05. The highest BCUT2D eigenvalue weighted by Crippen LogP contribution is 2.48. The van der Waals surface area contributed by atoms with Crippen LogP contribution in [-0.4, -0.2) is 23.5 Å². The second kappa shape index (κ2) is 5.98. The minimum atomic E-state index is -0.546. The lowest BCUT2D eigenvalue weighted by Crippen LogP contribution is -2.49. The van der Waals surface area contributed by atoms with Crippen LogP contribution in [0.5, 0.6) is 0 Å². The van der Waals surface area contributed by atoms with Crippen molar-refractivity contribution in [3.8, 4) is 0 Å². The number of hydrogen-bond donors (Lipinski definition) is 1. The first-order valence-electron chi connectivity index (χ1n) is 8.20. The molecule has 2 rings (SSSR count). The summed E-state index contributed by atoms with van der Waals surface area (Å²) in [5, 5.41) is 2.95. The van der Waals surface area contributed by atoms with E-state index in [9.17, 15) is 9.59 Å². The summed E-state index contributed by atoms with van der Waals surface area (Å²) in [6.07, 6.45) is 4.63. The van der Waals surface area contributed by atoms with Crippen LogP contribution in [-0.2, 0) is 14.3 Å². The minimum absolute atomic E-state index is 0.0300. The van der Waals surface area contributed by atoms with Gasteiger partial charge in [0, 0.05) is 5.92 Å². The molecule has 3 unspecified atom stereocenters. The van der Waals surface area contributed by atoms with Gasteiger partial charge in [-0.2, -0.15) is 0 Å². The van der Waals surface area contributed by atoms with E-state index >= 15 is 0 Å². The standard InChI is InChI=1S/C17H29NO3/c1-10(2)14(16(20)21-17(3,4)5)18-15(19)13-9-11-6-7-12(13)8-11/h10-14H,6-9H2,1-5H3,(H,18,19)/t11?,12?,13?,14-/m1/s1. The van der Waals surface area contributed by atoms with Crippen LogP contribution in [0.2, 0.25) is 0 Å². The Morgan fingerprint density at radius 2 is 1.81 bits per heavy atom. The molecule has 1 N–H and O–H groups in total. The monoisotopic (exact) mass is 295 g/mol. The van der Waals surface area contributed by atoms with Gasteiger partial charge in [-0.3, -0.25) is 4.79 Å². The number of carbonyl (C=O) groups is 2. The third-order valence-electron chi connectivity index (χ3n) is 4.70. The number of rotatable bonds is 4. The third kappa shape index (κ3) is 3.98. The fourth-order valence-electron chi connectivity index (χ4n) is 3.69. The Labute approximate surface area is 128 Å². The molecule has 0 aromatic heterocycles. The van der Waals surface area contributed by atoms with E-state index in [-0.39, 0.29) is 23.7 Å². The molecule has 0 aromatic rings. The van der Waals surface area contributed by atoms with Crippen molar-refractivity contribution in [1.82, 2.24) is 5.32 Å². The predicted octanol–water partition coefficient (Wildman–Crippen LogP) is 2.91. The Morgan fingerprint density at radius 3 is 2.24 bits per heavy atom. The van der Waals surface area contributed by atoms with Crippen LogP contribution < -0.4 is 5.32 Å². The molecule has 4 nitrogen and oxygen atoms in total. The molecule has 2 saturated carbocycles. The topological polar surface area (TPSA) is 55.4 Å². The van der Waals surface area contributed by atoms with Crippen molar-refractivity contribution >= 4 is 11.9 Å². The van der Waals surface area contributed by atoms with E-state index in [1.165, 1.54) is 19.3 Å². The van der Waals surface area contributed by atoms with E-state index in [4.69, 9.17) is 4.74 Å². The van der Waals surface area contributed by atoms with E-state index in [0.29, 0.717) is 5.92 Å². The Hall–Kier alpha value is -1.06. The lowest BCUT2D eigenvalue weighted by molar-refractivity contribution is -0.160. The zero-order valence-electron chi connectivity index (χ0n) is 13.9. The average Bonchev–Trinajstić information content (AvgIpc) is 2.94. The van der Waals surface area contributed by atoms with Crippen molar-refractivity contribution in [3.63, 3.8) is 0 Å². The van der Waals surface area contributed by atoms with Gasteiger partial charge in [0.05, 0.1) is 0 Å². The van der Waals surface area contributed by atoms with E-state index in [2.05, 4.69) is 5.32 Å². The van der Waals surface area contributed by atoms with Gasteiger partial charge >= 0.3 is 5.97 Å². The molecule has 0 radical (unpaired) electrons. The third-order valence-corrected chi connectivity index (χ3v) is 4.70. The minimum Gasteiger partial charge on any atom is -0.458 e. The normalized spacial score (nSPS) is 29.5. The number of amides is 1. The summed E-state index contributed by atoms with van der Waals surface area (Å²) in [5.74, 6) is 1.11. The molecule has 120 valence electrons. The van der Waals surface area contributed by atoms with Crippen LogP contribution in [0, 0.1) is 23.7 Å². The van der Waals surface area contributed by atoms with Gasteiger partial charge in [-0.25, -0.2) is 4.79 Å². The van der Waals surface area contributed by atoms with Crippen molar-refractivity contribution in [1.29, 1.82) is 0 Å². The Bertz CT molecular complexity index is 411. The summed E-state index contributed by atoms with van der Waals surface area (Å²) in [6.45, 7) is 9.42. The number of hydrogen-bond acceptors (Lipinski definition) is 3. The Kier molecular flexibility index (Phi) is 4.64. The maximum absolute atomic E-state index is 12.5. The zero-order valence-corrected chi connectivity index (χ0v) is 13.9. The van der Waals surface area contributed by atoms with Crippen LogP contribution >= 0.6 is 0 Å². The first kappa shape index (κ1) is 16.3. The number of ether oxygens (including phenoxy) is 1. The average molecular weight is 295 g/mol. The van der Waals surface area contributed by atoms with Crippen LogP contribution in [0.1, 0.15) is 60.3 Å². The maximum Gasteiger partial charge on any atom is 0.329 e. The van der Waals surface area contributed by atoms with Gasteiger partial charge in [-0.05, 0) is 57.8 Å². The Morgan fingerprint density at radius 1 is 1.14 bits per heavy atom. The molecule has 4 heteroatoms. The molecule has 2 bridgehead atoms. The highest BCUT2D eigenvalue weighted by Gasteiger charge is 2.44. The summed E-state index contributed by atoms with van der Waals surface area (Å²) >= 11 is 0. The first-order chi connectivity index (χ1) is 9.67. The molecule has 0 saturated heterocycles. The molecule has 21 heavy (non-hydrogen) atoms. The van der Waals surface area contributed by atoms with Crippen LogP contribution in [0.15, 0.2) is 0 Å². The summed E-state index contributed by atoms with van der Waals surface area (Å²) in [7, 11) is 0. The fraction of sp³-hybridized carbons (Fsp3) is 0.882. The molecule has 0 aromatic carbocycles. The van der Waals surface area contributed by atoms with Crippen LogP contribution in [0.4, 0.5) is 0 Å². The SMILES string of the molecule is CC(C)[C@@H](NC(=O)C1CC2CCC1C2)C(=O)OC(C)(C)C. The summed E-state index contributed by atoms with van der Waals surface area (Å²) < 4.78 is 5.43. The molecule has 2 aliphatic rings. The summed E-state index contributed by atoms with van der Waals surface area (Å²) in [6, 6.07) is -0.546. The molecule has 1 amide bonds. The van der Waals surface area contributed by atoms with Gasteiger partial charge in [0.2, 0.25) is 5.91 Å². The summed E-state index contributed by atoms with van der Waals surface area (Å²) in [4.78, 5) is 24.8. The van der Waals surface area contributed by atoms with Gasteiger partial charge < -0.3 is 10.1 Å². The van der Waals surface area contributed by atoms with E-state index in [1.54, 1.807) is 0 Å². The lowest BCUT2D eigenvalue weighted by Gasteiger charge is -2.28. The maximum atomic E-state index is 12.5. The van der Waals surface area contributed by atoms with Crippen molar-refractivity contribution in [2.24, 2.45) is 23.7 Å². The van der Waals surface area contributed by atoms with E-state index in [1.807, 2.05) is 34.6 Å². The molecule has 0 spiro atoms. The zero-order chi connectivity index (χ0) is 15.8.